The number of nitrogens with zero attached hydrogens (tertiary/aromatic N) is 2. The average Bonchev–Trinajstić information content (AvgIpc) is 2.99. The monoisotopic (exact) mass is 337 g/mol. The van der Waals surface area contributed by atoms with Crippen LogP contribution in [-0.2, 0) is 4.79 Å². The van der Waals surface area contributed by atoms with E-state index >= 15 is 0 Å². The van der Waals surface area contributed by atoms with Crippen LogP contribution in [-0.4, -0.2) is 31.4 Å². The zero-order chi connectivity index (χ0) is 18.1. The number of hydrogen-bond acceptors (Lipinski definition) is 4. The van der Waals surface area contributed by atoms with Gasteiger partial charge in [-0.05, 0) is 29.3 Å². The van der Waals surface area contributed by atoms with Crippen LogP contribution in [0.15, 0.2) is 42.5 Å². The fourth-order valence-electron chi connectivity index (χ4n) is 2.81. The SMILES string of the molecule is CN(C)c1ccc(-c2ccc3c(C(N)=O)c(N(N)C=O)[nH]c3c2)cc1. The zero-order valence-electron chi connectivity index (χ0n) is 14.0. The molecule has 0 atom stereocenters. The van der Waals surface area contributed by atoms with Gasteiger partial charge in [0.05, 0.1) is 5.56 Å². The molecule has 5 N–H and O–H groups in total. The zero-order valence-corrected chi connectivity index (χ0v) is 14.0. The molecular formula is C18H19N5O2. The third-order valence-corrected chi connectivity index (χ3v) is 4.11. The van der Waals surface area contributed by atoms with Gasteiger partial charge in [0.25, 0.3) is 5.91 Å². The predicted molar refractivity (Wildman–Crippen MR) is 99.3 cm³/mol. The molecule has 2 aromatic carbocycles. The number of fused-ring (bicyclic) bond motifs is 1. The lowest BCUT2D eigenvalue weighted by Gasteiger charge is -2.12. The molecule has 1 aromatic heterocycles. The fourth-order valence-corrected chi connectivity index (χ4v) is 2.81. The molecule has 0 fully saturated rings. The van der Waals surface area contributed by atoms with Crippen LogP contribution in [0.2, 0.25) is 0 Å². The van der Waals surface area contributed by atoms with E-state index in [1.54, 1.807) is 6.07 Å². The molecule has 7 heteroatoms. The number of hydrogen-bond donors (Lipinski definition) is 3. The molecule has 0 saturated heterocycles. The van der Waals surface area contributed by atoms with Crippen LogP contribution < -0.4 is 21.5 Å². The van der Waals surface area contributed by atoms with Gasteiger partial charge in [0, 0.05) is 30.7 Å². The van der Waals surface area contributed by atoms with E-state index in [2.05, 4.69) is 4.98 Å². The fraction of sp³-hybridized carbons (Fsp3) is 0.111. The number of benzene rings is 2. The van der Waals surface area contributed by atoms with E-state index < -0.39 is 5.91 Å². The third kappa shape index (κ3) is 2.92. The highest BCUT2D eigenvalue weighted by Crippen LogP contribution is 2.31. The Morgan fingerprint density at radius 1 is 1.08 bits per heavy atom. The molecule has 0 aliphatic carbocycles. The normalized spacial score (nSPS) is 10.7. The number of hydrazine groups is 1. The summed E-state index contributed by atoms with van der Waals surface area (Å²) >= 11 is 0. The van der Waals surface area contributed by atoms with Crippen LogP contribution in [0.4, 0.5) is 11.5 Å². The Balaban J connectivity index is 2.11. The lowest BCUT2D eigenvalue weighted by Crippen LogP contribution is -2.31. The van der Waals surface area contributed by atoms with Gasteiger partial charge in [-0.1, -0.05) is 24.3 Å². The minimum absolute atomic E-state index is 0.178. The summed E-state index contributed by atoms with van der Waals surface area (Å²) in [6.07, 6.45) is 0.415. The molecular weight excluding hydrogens is 318 g/mol. The Bertz CT molecular complexity index is 944. The van der Waals surface area contributed by atoms with Gasteiger partial charge in [0.15, 0.2) is 0 Å². The van der Waals surface area contributed by atoms with Crippen molar-refractivity contribution >= 4 is 34.7 Å². The molecule has 1 heterocycles. The average molecular weight is 337 g/mol. The van der Waals surface area contributed by atoms with Crippen molar-refractivity contribution in [2.45, 2.75) is 0 Å². The Morgan fingerprint density at radius 2 is 1.72 bits per heavy atom. The molecule has 2 amide bonds. The van der Waals surface area contributed by atoms with Crippen molar-refractivity contribution in [2.24, 2.45) is 11.6 Å². The molecule has 7 nitrogen and oxygen atoms in total. The van der Waals surface area contributed by atoms with Crippen molar-refractivity contribution in [1.29, 1.82) is 0 Å². The third-order valence-electron chi connectivity index (χ3n) is 4.11. The van der Waals surface area contributed by atoms with E-state index in [4.69, 9.17) is 11.6 Å². The molecule has 0 radical (unpaired) electrons. The summed E-state index contributed by atoms with van der Waals surface area (Å²) < 4.78 is 0. The van der Waals surface area contributed by atoms with Crippen LogP contribution in [0.1, 0.15) is 10.4 Å². The first kappa shape index (κ1) is 16.5. The number of aromatic amines is 1. The second kappa shape index (κ2) is 6.29. The summed E-state index contributed by atoms with van der Waals surface area (Å²) in [5.41, 5.74) is 9.42. The number of H-pyrrole nitrogens is 1. The van der Waals surface area contributed by atoms with Gasteiger partial charge in [-0.15, -0.1) is 0 Å². The highest BCUT2D eigenvalue weighted by atomic mass is 16.1. The molecule has 0 aliphatic rings. The summed E-state index contributed by atoms with van der Waals surface area (Å²) in [4.78, 5) is 27.8. The number of nitrogens with one attached hydrogen (secondary N) is 1. The van der Waals surface area contributed by atoms with Gasteiger partial charge >= 0.3 is 0 Å². The molecule has 3 rings (SSSR count). The van der Waals surface area contributed by atoms with Gasteiger partial charge in [-0.2, -0.15) is 0 Å². The largest absolute Gasteiger partial charge is 0.378 e. The van der Waals surface area contributed by atoms with Crippen LogP contribution in [0.5, 0.6) is 0 Å². The first-order valence-electron chi connectivity index (χ1n) is 7.65. The Labute approximate surface area is 144 Å². The minimum atomic E-state index is -0.651. The number of aromatic nitrogens is 1. The van der Waals surface area contributed by atoms with Gasteiger partial charge in [-0.3, -0.25) is 9.59 Å². The van der Waals surface area contributed by atoms with E-state index in [0.717, 1.165) is 21.8 Å². The number of amides is 2. The number of rotatable bonds is 5. The maximum atomic E-state index is 11.8. The van der Waals surface area contributed by atoms with Crippen molar-refractivity contribution < 1.29 is 9.59 Å². The van der Waals surface area contributed by atoms with E-state index in [0.29, 0.717) is 17.3 Å². The smallest absolute Gasteiger partial charge is 0.253 e. The van der Waals surface area contributed by atoms with Gasteiger partial charge < -0.3 is 15.6 Å². The molecule has 0 saturated carbocycles. The van der Waals surface area contributed by atoms with Gasteiger partial charge in [0.2, 0.25) is 6.41 Å². The molecule has 0 unspecified atom stereocenters. The lowest BCUT2D eigenvalue weighted by atomic mass is 10.0. The summed E-state index contributed by atoms with van der Waals surface area (Å²) in [5.74, 6) is 5.14. The standard InChI is InChI=1S/C18H19N5O2/c1-22(2)13-6-3-11(4-7-13)12-5-8-14-15(9-12)21-18(23(20)10-24)16(14)17(19)25/h3-10,21H,20H2,1-2H3,(H2,19,25). The number of nitrogens with two attached hydrogens (primary N) is 2. The molecule has 25 heavy (non-hydrogen) atoms. The summed E-state index contributed by atoms with van der Waals surface area (Å²) in [6.45, 7) is 0. The molecule has 128 valence electrons. The lowest BCUT2D eigenvalue weighted by molar-refractivity contribution is -0.107. The van der Waals surface area contributed by atoms with Crippen molar-refractivity contribution in [2.75, 3.05) is 24.0 Å². The summed E-state index contributed by atoms with van der Waals surface area (Å²) in [7, 11) is 3.97. The topological polar surface area (TPSA) is 108 Å². The molecule has 3 aromatic rings. The van der Waals surface area contributed by atoms with E-state index in [1.807, 2.05) is 55.4 Å². The maximum Gasteiger partial charge on any atom is 0.253 e. The molecule has 0 spiro atoms. The molecule has 0 bridgehead atoms. The Hall–Kier alpha value is -3.32. The Morgan fingerprint density at radius 3 is 2.28 bits per heavy atom. The van der Waals surface area contributed by atoms with Crippen molar-refractivity contribution in [3.05, 3.63) is 48.0 Å². The van der Waals surface area contributed by atoms with E-state index in [1.165, 1.54) is 0 Å². The van der Waals surface area contributed by atoms with E-state index in [-0.39, 0.29) is 11.4 Å². The second-order valence-corrected chi connectivity index (χ2v) is 5.93. The van der Waals surface area contributed by atoms with Gasteiger partial charge in [-0.25, -0.2) is 10.9 Å². The van der Waals surface area contributed by atoms with Crippen molar-refractivity contribution in [3.63, 3.8) is 0 Å². The van der Waals surface area contributed by atoms with Crippen molar-refractivity contribution in [3.8, 4) is 11.1 Å². The quantitative estimate of drug-likeness (QED) is 0.286. The summed E-state index contributed by atoms with van der Waals surface area (Å²) in [6, 6.07) is 13.7. The first-order valence-corrected chi connectivity index (χ1v) is 7.65. The van der Waals surface area contributed by atoms with Gasteiger partial charge in [0.1, 0.15) is 5.82 Å². The van der Waals surface area contributed by atoms with Crippen LogP contribution in [0, 0.1) is 0 Å². The summed E-state index contributed by atoms with van der Waals surface area (Å²) in [5, 5.41) is 1.43. The van der Waals surface area contributed by atoms with E-state index in [9.17, 15) is 9.59 Å². The van der Waals surface area contributed by atoms with Crippen LogP contribution >= 0.6 is 0 Å². The number of primary amides is 1. The Kier molecular flexibility index (Phi) is 4.16. The number of carbonyl (C=O) groups is 2. The van der Waals surface area contributed by atoms with Crippen LogP contribution in [0.3, 0.4) is 0 Å². The minimum Gasteiger partial charge on any atom is -0.378 e. The number of anilines is 2. The highest BCUT2D eigenvalue weighted by molar-refractivity contribution is 6.12. The van der Waals surface area contributed by atoms with Crippen LogP contribution in [0.25, 0.3) is 22.0 Å². The second-order valence-electron chi connectivity index (χ2n) is 5.93. The number of carbonyl (C=O) groups excluding carboxylic acids is 2. The van der Waals surface area contributed by atoms with Crippen molar-refractivity contribution in [1.82, 2.24) is 4.98 Å². The molecule has 0 aliphatic heterocycles. The highest BCUT2D eigenvalue weighted by Gasteiger charge is 2.19. The predicted octanol–water partition coefficient (Wildman–Crippen LogP) is 1.84. The maximum absolute atomic E-state index is 11.8. The first-order chi connectivity index (χ1) is 11.9.